The number of nitro benzene ring substituents is 1. The zero-order chi connectivity index (χ0) is 14.5. The molecule has 2 rings (SSSR count). The highest BCUT2D eigenvalue weighted by molar-refractivity contribution is 5.64. The van der Waals surface area contributed by atoms with Gasteiger partial charge in [-0.25, -0.2) is 0 Å². The highest BCUT2D eigenvalue weighted by Gasteiger charge is 2.25. The summed E-state index contributed by atoms with van der Waals surface area (Å²) in [5.74, 6) is 0.617. The molecular weight excluding hydrogens is 256 g/mol. The third kappa shape index (κ3) is 3.28. The zero-order valence-electron chi connectivity index (χ0n) is 11.9. The summed E-state index contributed by atoms with van der Waals surface area (Å²) in [6.45, 7) is 3.82. The van der Waals surface area contributed by atoms with E-state index in [1.54, 1.807) is 12.1 Å². The summed E-state index contributed by atoms with van der Waals surface area (Å²) in [7, 11) is 0. The Morgan fingerprint density at radius 1 is 1.50 bits per heavy atom. The van der Waals surface area contributed by atoms with Crippen molar-refractivity contribution in [3.8, 4) is 0 Å². The summed E-state index contributed by atoms with van der Waals surface area (Å²) < 4.78 is 0. The summed E-state index contributed by atoms with van der Waals surface area (Å²) in [5, 5.41) is 20.4. The van der Waals surface area contributed by atoms with Crippen molar-refractivity contribution in [2.45, 2.75) is 39.2 Å². The van der Waals surface area contributed by atoms with Gasteiger partial charge in [0.15, 0.2) is 0 Å². The Bertz CT molecular complexity index is 474. The van der Waals surface area contributed by atoms with E-state index >= 15 is 0 Å². The van der Waals surface area contributed by atoms with Gasteiger partial charge in [0.05, 0.1) is 11.5 Å². The summed E-state index contributed by atoms with van der Waals surface area (Å²) in [6, 6.07) is 4.88. The molecule has 110 valence electrons. The number of nitro groups is 1. The Kier molecular flexibility index (Phi) is 4.95. The van der Waals surface area contributed by atoms with E-state index in [0.717, 1.165) is 31.5 Å². The molecule has 0 aliphatic carbocycles. The van der Waals surface area contributed by atoms with Gasteiger partial charge < -0.3 is 10.0 Å². The van der Waals surface area contributed by atoms with Gasteiger partial charge in [0.2, 0.25) is 0 Å². The highest BCUT2D eigenvalue weighted by atomic mass is 16.6. The number of rotatable bonds is 5. The Balaban J connectivity index is 2.27. The first-order valence-corrected chi connectivity index (χ1v) is 7.28. The van der Waals surface area contributed by atoms with Crippen LogP contribution in [0, 0.1) is 16.0 Å². The van der Waals surface area contributed by atoms with Crippen LogP contribution in [0.1, 0.15) is 38.2 Å². The fraction of sp³-hybridized carbons (Fsp3) is 0.600. The van der Waals surface area contributed by atoms with E-state index in [-0.39, 0.29) is 17.2 Å². The van der Waals surface area contributed by atoms with Crippen molar-refractivity contribution >= 4 is 11.4 Å². The fourth-order valence-electron chi connectivity index (χ4n) is 3.00. The quantitative estimate of drug-likeness (QED) is 0.664. The Labute approximate surface area is 119 Å². The van der Waals surface area contributed by atoms with Crippen LogP contribution in [0.25, 0.3) is 0 Å². The van der Waals surface area contributed by atoms with Crippen LogP contribution in [-0.4, -0.2) is 23.1 Å². The van der Waals surface area contributed by atoms with Crippen LogP contribution in [0.2, 0.25) is 0 Å². The molecule has 1 fully saturated rings. The average Bonchev–Trinajstić information content (AvgIpc) is 2.47. The van der Waals surface area contributed by atoms with Crippen molar-refractivity contribution in [1.82, 2.24) is 0 Å². The molecule has 0 bridgehead atoms. The number of aliphatic hydroxyl groups excluding tert-OH is 1. The standard InChI is InChI=1S/C15H22N2O3/c1-2-4-12-5-3-8-16(10-12)15-9-13(11-18)6-7-14(15)17(19)20/h6-7,9,12,18H,2-5,8,10-11H2,1H3. The summed E-state index contributed by atoms with van der Waals surface area (Å²) in [6.07, 6.45) is 4.60. The maximum atomic E-state index is 11.2. The minimum atomic E-state index is -0.333. The van der Waals surface area contributed by atoms with Crippen LogP contribution in [-0.2, 0) is 6.61 Å². The average molecular weight is 278 g/mol. The van der Waals surface area contributed by atoms with E-state index in [0.29, 0.717) is 11.6 Å². The maximum absolute atomic E-state index is 11.2. The summed E-state index contributed by atoms with van der Waals surface area (Å²) in [5.41, 5.74) is 1.52. The molecule has 0 amide bonds. The first-order valence-electron chi connectivity index (χ1n) is 7.28. The van der Waals surface area contributed by atoms with Crippen molar-refractivity contribution in [3.05, 3.63) is 33.9 Å². The molecule has 1 aromatic carbocycles. The molecule has 0 radical (unpaired) electrons. The summed E-state index contributed by atoms with van der Waals surface area (Å²) in [4.78, 5) is 13.0. The SMILES string of the molecule is CCCC1CCCN(c2cc(CO)ccc2[N+](=O)[O-])C1. The van der Waals surface area contributed by atoms with Crippen LogP contribution >= 0.6 is 0 Å². The topological polar surface area (TPSA) is 66.6 Å². The molecule has 5 nitrogen and oxygen atoms in total. The van der Waals surface area contributed by atoms with Crippen molar-refractivity contribution in [1.29, 1.82) is 0 Å². The van der Waals surface area contributed by atoms with E-state index < -0.39 is 0 Å². The molecule has 1 aliphatic heterocycles. The number of piperidine rings is 1. The lowest BCUT2D eigenvalue weighted by atomic mass is 9.93. The third-order valence-corrected chi connectivity index (χ3v) is 3.98. The predicted octanol–water partition coefficient (Wildman–Crippen LogP) is 3.10. The predicted molar refractivity (Wildman–Crippen MR) is 78.9 cm³/mol. The summed E-state index contributed by atoms with van der Waals surface area (Å²) >= 11 is 0. The number of benzene rings is 1. The number of nitrogens with zero attached hydrogens (tertiary/aromatic N) is 2. The van der Waals surface area contributed by atoms with Crippen molar-refractivity contribution in [2.24, 2.45) is 5.92 Å². The monoisotopic (exact) mass is 278 g/mol. The molecule has 0 saturated carbocycles. The van der Waals surface area contributed by atoms with Gasteiger partial charge in [0, 0.05) is 19.2 Å². The smallest absolute Gasteiger partial charge is 0.292 e. The molecule has 1 aromatic rings. The minimum absolute atomic E-state index is 0.0861. The normalized spacial score (nSPS) is 19.1. The first-order chi connectivity index (χ1) is 9.65. The molecule has 1 atom stereocenters. The van der Waals surface area contributed by atoms with E-state index in [1.807, 2.05) is 0 Å². The van der Waals surface area contributed by atoms with E-state index in [4.69, 9.17) is 0 Å². The van der Waals surface area contributed by atoms with Gasteiger partial charge >= 0.3 is 0 Å². The second kappa shape index (κ2) is 6.70. The number of anilines is 1. The van der Waals surface area contributed by atoms with E-state index in [1.165, 1.54) is 18.9 Å². The molecule has 1 N–H and O–H groups in total. The lowest BCUT2D eigenvalue weighted by Gasteiger charge is -2.34. The third-order valence-electron chi connectivity index (χ3n) is 3.98. The molecule has 1 unspecified atom stereocenters. The van der Waals surface area contributed by atoms with Crippen molar-refractivity contribution in [3.63, 3.8) is 0 Å². The second-order valence-corrected chi connectivity index (χ2v) is 5.48. The Morgan fingerprint density at radius 3 is 2.95 bits per heavy atom. The molecule has 0 aromatic heterocycles. The molecule has 0 spiro atoms. The van der Waals surface area contributed by atoms with Crippen molar-refractivity contribution < 1.29 is 10.0 Å². The fourth-order valence-corrected chi connectivity index (χ4v) is 3.00. The molecule has 1 heterocycles. The van der Waals surface area contributed by atoms with Crippen LogP contribution in [0.3, 0.4) is 0 Å². The van der Waals surface area contributed by atoms with Gasteiger partial charge in [-0.1, -0.05) is 13.3 Å². The zero-order valence-corrected chi connectivity index (χ0v) is 11.9. The van der Waals surface area contributed by atoms with Gasteiger partial charge in [-0.2, -0.15) is 0 Å². The highest BCUT2D eigenvalue weighted by Crippen LogP contribution is 2.33. The minimum Gasteiger partial charge on any atom is -0.392 e. The van der Waals surface area contributed by atoms with Crippen LogP contribution in [0.4, 0.5) is 11.4 Å². The van der Waals surface area contributed by atoms with Gasteiger partial charge in [-0.15, -0.1) is 0 Å². The number of hydrogen-bond acceptors (Lipinski definition) is 4. The van der Waals surface area contributed by atoms with Crippen molar-refractivity contribution in [2.75, 3.05) is 18.0 Å². The van der Waals surface area contributed by atoms with Crippen LogP contribution in [0.5, 0.6) is 0 Å². The lowest BCUT2D eigenvalue weighted by Crippen LogP contribution is -2.35. The molecule has 5 heteroatoms. The Hall–Kier alpha value is -1.62. The van der Waals surface area contributed by atoms with E-state index in [9.17, 15) is 15.2 Å². The molecule has 1 aliphatic rings. The number of aliphatic hydroxyl groups is 1. The largest absolute Gasteiger partial charge is 0.392 e. The van der Waals surface area contributed by atoms with Crippen LogP contribution in [0.15, 0.2) is 18.2 Å². The second-order valence-electron chi connectivity index (χ2n) is 5.48. The molecule has 20 heavy (non-hydrogen) atoms. The lowest BCUT2D eigenvalue weighted by molar-refractivity contribution is -0.384. The van der Waals surface area contributed by atoms with Gasteiger partial charge in [0.1, 0.15) is 5.69 Å². The van der Waals surface area contributed by atoms with Crippen LogP contribution < -0.4 is 4.90 Å². The van der Waals surface area contributed by atoms with E-state index in [2.05, 4.69) is 11.8 Å². The van der Waals surface area contributed by atoms with Gasteiger partial charge in [0.25, 0.3) is 5.69 Å². The van der Waals surface area contributed by atoms with Gasteiger partial charge in [-0.05, 0) is 42.9 Å². The molecule has 1 saturated heterocycles. The maximum Gasteiger partial charge on any atom is 0.292 e. The number of hydrogen-bond donors (Lipinski definition) is 1. The Morgan fingerprint density at radius 2 is 2.30 bits per heavy atom. The molecular formula is C15H22N2O3. The first kappa shape index (κ1) is 14.8. The van der Waals surface area contributed by atoms with Gasteiger partial charge in [-0.3, -0.25) is 10.1 Å².